The fraction of sp³-hybridized carbons (Fsp3) is 0.267. The normalized spacial score (nSPS) is 12.1. The van der Waals surface area contributed by atoms with Crippen molar-refractivity contribution in [1.29, 1.82) is 0 Å². The van der Waals surface area contributed by atoms with Crippen LogP contribution in [-0.2, 0) is 0 Å². The maximum absolute atomic E-state index is 5.75. The lowest BCUT2D eigenvalue weighted by molar-refractivity contribution is 0.752. The SMILES string of the molecule is CC(C)C(=Cc1ccc(-n2cccn2)cc1)CN. The van der Waals surface area contributed by atoms with Crippen molar-refractivity contribution >= 4 is 6.08 Å². The molecule has 0 amide bonds. The Morgan fingerprint density at radius 2 is 2.06 bits per heavy atom. The summed E-state index contributed by atoms with van der Waals surface area (Å²) in [5.41, 5.74) is 9.26. The lowest BCUT2D eigenvalue weighted by atomic mass is 10.0. The third-order valence-electron chi connectivity index (χ3n) is 2.99. The molecule has 3 nitrogen and oxygen atoms in total. The Balaban J connectivity index is 2.23. The molecule has 1 heterocycles. The third kappa shape index (κ3) is 2.87. The molecule has 2 aromatic rings. The summed E-state index contributed by atoms with van der Waals surface area (Å²) in [4.78, 5) is 0. The van der Waals surface area contributed by atoms with Crippen molar-refractivity contribution < 1.29 is 0 Å². The maximum Gasteiger partial charge on any atom is 0.0645 e. The Bertz CT molecular complexity index is 507. The fourth-order valence-corrected chi connectivity index (χ4v) is 1.82. The molecular formula is C15H19N3. The summed E-state index contributed by atoms with van der Waals surface area (Å²) >= 11 is 0. The Hall–Kier alpha value is -1.87. The van der Waals surface area contributed by atoms with Gasteiger partial charge in [-0.05, 0) is 29.7 Å². The molecule has 0 spiro atoms. The standard InChI is InChI=1S/C15H19N3/c1-12(2)14(11-16)10-13-4-6-15(7-5-13)18-9-3-8-17-18/h3-10,12H,11,16H2,1-2H3. The Morgan fingerprint density at radius 1 is 1.33 bits per heavy atom. The zero-order valence-corrected chi connectivity index (χ0v) is 10.9. The largest absolute Gasteiger partial charge is 0.327 e. The first kappa shape index (κ1) is 12.6. The minimum absolute atomic E-state index is 0.487. The van der Waals surface area contributed by atoms with E-state index in [1.54, 1.807) is 6.20 Å². The first-order valence-corrected chi connectivity index (χ1v) is 6.21. The molecule has 0 aliphatic heterocycles. The van der Waals surface area contributed by atoms with Crippen LogP contribution in [0.25, 0.3) is 11.8 Å². The molecular weight excluding hydrogens is 222 g/mol. The summed E-state index contributed by atoms with van der Waals surface area (Å²) in [5.74, 6) is 0.487. The maximum atomic E-state index is 5.75. The molecule has 0 radical (unpaired) electrons. The predicted molar refractivity (Wildman–Crippen MR) is 75.4 cm³/mol. The van der Waals surface area contributed by atoms with E-state index in [9.17, 15) is 0 Å². The highest BCUT2D eigenvalue weighted by atomic mass is 15.3. The van der Waals surface area contributed by atoms with E-state index in [-0.39, 0.29) is 0 Å². The molecule has 0 atom stereocenters. The summed E-state index contributed by atoms with van der Waals surface area (Å²) < 4.78 is 1.85. The van der Waals surface area contributed by atoms with E-state index in [1.165, 1.54) is 11.1 Å². The van der Waals surface area contributed by atoms with Crippen LogP contribution in [0.1, 0.15) is 19.4 Å². The molecule has 0 aliphatic carbocycles. The van der Waals surface area contributed by atoms with Gasteiger partial charge in [0.1, 0.15) is 0 Å². The molecule has 0 aliphatic rings. The van der Waals surface area contributed by atoms with Crippen molar-refractivity contribution in [2.75, 3.05) is 6.54 Å². The smallest absolute Gasteiger partial charge is 0.0645 e. The number of benzene rings is 1. The number of rotatable bonds is 4. The van der Waals surface area contributed by atoms with Crippen LogP contribution in [0.5, 0.6) is 0 Å². The van der Waals surface area contributed by atoms with E-state index in [1.807, 2.05) is 16.9 Å². The molecule has 0 unspecified atom stereocenters. The van der Waals surface area contributed by atoms with Gasteiger partial charge in [-0.2, -0.15) is 5.10 Å². The summed E-state index contributed by atoms with van der Waals surface area (Å²) in [6.07, 6.45) is 5.88. The molecule has 2 N–H and O–H groups in total. The van der Waals surface area contributed by atoms with Crippen molar-refractivity contribution in [3.05, 3.63) is 53.9 Å². The highest BCUT2D eigenvalue weighted by Gasteiger charge is 2.01. The monoisotopic (exact) mass is 241 g/mol. The van der Waals surface area contributed by atoms with Crippen molar-refractivity contribution in [3.8, 4) is 5.69 Å². The van der Waals surface area contributed by atoms with Crippen LogP contribution < -0.4 is 5.73 Å². The summed E-state index contributed by atoms with van der Waals surface area (Å²) in [6.45, 7) is 4.94. The van der Waals surface area contributed by atoms with E-state index in [0.29, 0.717) is 12.5 Å². The number of hydrogen-bond donors (Lipinski definition) is 1. The molecule has 0 fully saturated rings. The van der Waals surface area contributed by atoms with Crippen molar-refractivity contribution in [1.82, 2.24) is 9.78 Å². The average molecular weight is 241 g/mol. The quantitative estimate of drug-likeness (QED) is 0.894. The van der Waals surface area contributed by atoms with Crippen molar-refractivity contribution in [3.63, 3.8) is 0 Å². The lowest BCUT2D eigenvalue weighted by Gasteiger charge is -2.09. The van der Waals surface area contributed by atoms with E-state index in [4.69, 9.17) is 5.73 Å². The topological polar surface area (TPSA) is 43.8 Å². The van der Waals surface area contributed by atoms with Gasteiger partial charge in [-0.3, -0.25) is 0 Å². The van der Waals surface area contributed by atoms with Crippen molar-refractivity contribution in [2.45, 2.75) is 13.8 Å². The molecule has 0 saturated heterocycles. The number of aromatic nitrogens is 2. The Kier molecular flexibility index (Phi) is 3.95. The van der Waals surface area contributed by atoms with Gasteiger partial charge in [0.2, 0.25) is 0 Å². The van der Waals surface area contributed by atoms with Gasteiger partial charge >= 0.3 is 0 Å². The van der Waals surface area contributed by atoms with Gasteiger partial charge in [0, 0.05) is 18.9 Å². The van der Waals surface area contributed by atoms with E-state index in [2.05, 4.69) is 49.3 Å². The predicted octanol–water partition coefficient (Wildman–Crippen LogP) is 2.87. The third-order valence-corrected chi connectivity index (χ3v) is 2.99. The van der Waals surface area contributed by atoms with Gasteiger partial charge in [0.15, 0.2) is 0 Å². The van der Waals surface area contributed by atoms with E-state index >= 15 is 0 Å². The minimum Gasteiger partial charge on any atom is -0.327 e. The van der Waals surface area contributed by atoms with Gasteiger partial charge in [-0.15, -0.1) is 0 Å². The lowest BCUT2D eigenvalue weighted by Crippen LogP contribution is -2.08. The second-order valence-corrected chi connectivity index (χ2v) is 4.62. The van der Waals surface area contributed by atoms with E-state index in [0.717, 1.165) is 5.69 Å². The number of nitrogens with two attached hydrogens (primary N) is 1. The molecule has 2 rings (SSSR count). The highest BCUT2D eigenvalue weighted by molar-refractivity contribution is 5.55. The van der Waals surface area contributed by atoms with Gasteiger partial charge < -0.3 is 5.73 Å². The molecule has 0 saturated carbocycles. The zero-order valence-electron chi connectivity index (χ0n) is 10.9. The van der Waals surface area contributed by atoms with Gasteiger partial charge in [-0.25, -0.2) is 4.68 Å². The second-order valence-electron chi connectivity index (χ2n) is 4.62. The number of hydrogen-bond acceptors (Lipinski definition) is 2. The van der Waals surface area contributed by atoms with Crippen LogP contribution >= 0.6 is 0 Å². The minimum atomic E-state index is 0.487. The Morgan fingerprint density at radius 3 is 2.56 bits per heavy atom. The van der Waals surface area contributed by atoms with Gasteiger partial charge in [0.05, 0.1) is 5.69 Å². The highest BCUT2D eigenvalue weighted by Crippen LogP contribution is 2.15. The number of nitrogens with zero attached hydrogens (tertiary/aromatic N) is 2. The van der Waals surface area contributed by atoms with Gasteiger partial charge in [0.25, 0.3) is 0 Å². The van der Waals surface area contributed by atoms with Crippen LogP contribution in [0.2, 0.25) is 0 Å². The van der Waals surface area contributed by atoms with Crippen LogP contribution in [0.15, 0.2) is 48.3 Å². The Labute approximate surface area is 108 Å². The molecule has 94 valence electrons. The summed E-state index contributed by atoms with van der Waals surface area (Å²) in [7, 11) is 0. The molecule has 1 aromatic carbocycles. The zero-order chi connectivity index (χ0) is 13.0. The van der Waals surface area contributed by atoms with Gasteiger partial charge in [-0.1, -0.05) is 37.6 Å². The van der Waals surface area contributed by atoms with Crippen molar-refractivity contribution in [2.24, 2.45) is 11.7 Å². The molecule has 18 heavy (non-hydrogen) atoms. The first-order chi connectivity index (χ1) is 8.70. The molecule has 3 heteroatoms. The van der Waals surface area contributed by atoms with Crippen LogP contribution in [0, 0.1) is 5.92 Å². The fourth-order valence-electron chi connectivity index (χ4n) is 1.82. The second kappa shape index (κ2) is 5.65. The summed E-state index contributed by atoms with van der Waals surface area (Å²) in [6, 6.07) is 10.2. The van der Waals surface area contributed by atoms with Crippen LogP contribution in [0.4, 0.5) is 0 Å². The molecule has 0 bridgehead atoms. The summed E-state index contributed by atoms with van der Waals surface area (Å²) in [5, 5.41) is 4.20. The van der Waals surface area contributed by atoms with E-state index < -0.39 is 0 Å². The average Bonchev–Trinajstić information content (AvgIpc) is 2.90. The van der Waals surface area contributed by atoms with Crippen LogP contribution in [0.3, 0.4) is 0 Å². The van der Waals surface area contributed by atoms with Crippen LogP contribution in [-0.4, -0.2) is 16.3 Å². The first-order valence-electron chi connectivity index (χ1n) is 6.21. The molecule has 1 aromatic heterocycles.